The number of aromatic nitrogens is 3. The summed E-state index contributed by atoms with van der Waals surface area (Å²) in [6.07, 6.45) is 4.21. The van der Waals surface area contributed by atoms with E-state index in [1.165, 1.54) is 16.5 Å². The zero-order chi connectivity index (χ0) is 26.7. The van der Waals surface area contributed by atoms with E-state index in [0.29, 0.717) is 48.7 Å². The molecular formula is C28H34ClN5O4. The Morgan fingerprint density at radius 2 is 2.00 bits per heavy atom. The van der Waals surface area contributed by atoms with Crippen molar-refractivity contribution in [2.45, 2.75) is 57.7 Å². The highest BCUT2D eigenvalue weighted by atomic mass is 35.5. The maximum atomic E-state index is 13.4. The number of likely N-dealkylation sites (tertiary alicyclic amines) is 1. The fourth-order valence-corrected chi connectivity index (χ4v) is 6.07. The normalized spacial score (nSPS) is 22.5. The number of piperidine rings is 1. The lowest BCUT2D eigenvalue weighted by Gasteiger charge is -2.39. The van der Waals surface area contributed by atoms with E-state index in [4.69, 9.17) is 16.3 Å². The molecular weight excluding hydrogens is 506 g/mol. The molecule has 0 unspecified atom stereocenters. The second kappa shape index (κ2) is 9.48. The van der Waals surface area contributed by atoms with Crippen molar-refractivity contribution in [2.75, 3.05) is 32.8 Å². The van der Waals surface area contributed by atoms with Gasteiger partial charge in [0, 0.05) is 30.7 Å². The van der Waals surface area contributed by atoms with E-state index in [-0.39, 0.29) is 29.5 Å². The lowest BCUT2D eigenvalue weighted by atomic mass is 9.90. The quantitative estimate of drug-likeness (QED) is 0.517. The standard InChI is InChI=1S/C28H34ClN5O4/c1-18-13-19(3-4-20(18)22-15-38-12-9-30-22)34-23(29)14-21-24(34)31-17-33(25(21)35)16-28(37)7-10-32(11-8-28)26(36)27(2)5-6-27/h3-4,13-14,17,22,30,37H,5-12,15-16H2,1-2H3/t22-/m1/s1. The predicted octanol–water partition coefficient (Wildman–Crippen LogP) is 2.96. The monoisotopic (exact) mass is 539 g/mol. The van der Waals surface area contributed by atoms with Crippen molar-refractivity contribution >= 4 is 28.5 Å². The number of hydrogen-bond donors (Lipinski definition) is 2. The second-order valence-electron chi connectivity index (χ2n) is 11.4. The number of fused-ring (bicyclic) bond motifs is 1. The first-order valence-corrected chi connectivity index (χ1v) is 13.8. The summed E-state index contributed by atoms with van der Waals surface area (Å²) >= 11 is 6.63. The minimum Gasteiger partial charge on any atom is -0.388 e. The molecule has 9 nitrogen and oxygen atoms in total. The van der Waals surface area contributed by atoms with E-state index >= 15 is 0 Å². The third-order valence-electron chi connectivity index (χ3n) is 8.51. The van der Waals surface area contributed by atoms with Gasteiger partial charge in [0.1, 0.15) is 11.5 Å². The molecule has 0 bridgehead atoms. The SMILES string of the molecule is Cc1cc(-n2c(Cl)cc3c(=O)n(CC4(O)CCN(C(=O)C5(C)CC5)CC4)cnc32)ccc1[C@H]1COCCN1. The summed E-state index contributed by atoms with van der Waals surface area (Å²) < 4.78 is 8.86. The second-order valence-corrected chi connectivity index (χ2v) is 11.8. The van der Waals surface area contributed by atoms with Crippen LogP contribution in [0.1, 0.15) is 49.8 Å². The molecule has 202 valence electrons. The summed E-state index contributed by atoms with van der Waals surface area (Å²) in [7, 11) is 0. The Morgan fingerprint density at radius 1 is 1.24 bits per heavy atom. The fourth-order valence-electron chi connectivity index (χ4n) is 5.78. The third kappa shape index (κ3) is 4.55. The Labute approximate surface area is 226 Å². The fraction of sp³-hybridized carbons (Fsp3) is 0.536. The van der Waals surface area contributed by atoms with Gasteiger partial charge in [0.05, 0.1) is 36.8 Å². The molecule has 3 fully saturated rings. The van der Waals surface area contributed by atoms with E-state index < -0.39 is 5.60 Å². The van der Waals surface area contributed by atoms with Crippen molar-refractivity contribution < 1.29 is 14.6 Å². The van der Waals surface area contributed by atoms with Crippen LogP contribution in [0, 0.1) is 12.3 Å². The van der Waals surface area contributed by atoms with E-state index in [2.05, 4.69) is 23.3 Å². The number of nitrogens with zero attached hydrogens (tertiary/aromatic N) is 4. The Balaban J connectivity index is 1.23. The highest BCUT2D eigenvalue weighted by Crippen LogP contribution is 2.47. The summed E-state index contributed by atoms with van der Waals surface area (Å²) in [5.74, 6) is 0.183. The number of carbonyl (C=O) groups is 1. The van der Waals surface area contributed by atoms with Crippen LogP contribution in [-0.2, 0) is 16.1 Å². The zero-order valence-electron chi connectivity index (χ0n) is 21.9. The lowest BCUT2D eigenvalue weighted by molar-refractivity contribution is -0.141. The van der Waals surface area contributed by atoms with Crippen LogP contribution in [0.5, 0.6) is 0 Å². The number of hydrogen-bond acceptors (Lipinski definition) is 6. The number of amides is 1. The molecule has 1 amide bonds. The third-order valence-corrected chi connectivity index (χ3v) is 8.79. The van der Waals surface area contributed by atoms with Crippen molar-refractivity contribution in [3.63, 3.8) is 0 Å². The highest BCUT2D eigenvalue weighted by molar-refractivity contribution is 6.31. The molecule has 2 aliphatic heterocycles. The minimum atomic E-state index is -1.07. The molecule has 6 rings (SSSR count). The molecule has 38 heavy (non-hydrogen) atoms. The molecule has 4 heterocycles. The average molecular weight is 540 g/mol. The van der Waals surface area contributed by atoms with Gasteiger partial charge < -0.3 is 20.1 Å². The molecule has 3 aliphatic rings. The van der Waals surface area contributed by atoms with Gasteiger partial charge in [-0.15, -0.1) is 0 Å². The van der Waals surface area contributed by atoms with Crippen LogP contribution >= 0.6 is 11.6 Å². The maximum Gasteiger partial charge on any atom is 0.262 e. The number of halogens is 1. The van der Waals surface area contributed by atoms with E-state index in [1.54, 1.807) is 10.6 Å². The summed E-state index contributed by atoms with van der Waals surface area (Å²) in [5.41, 5.74) is 2.04. The topological polar surface area (TPSA) is 102 Å². The van der Waals surface area contributed by atoms with Gasteiger partial charge in [-0.05, 0) is 61.9 Å². The van der Waals surface area contributed by atoms with Gasteiger partial charge >= 0.3 is 0 Å². The van der Waals surface area contributed by atoms with E-state index in [0.717, 1.165) is 37.2 Å². The van der Waals surface area contributed by atoms with Gasteiger partial charge in [0.15, 0.2) is 5.65 Å². The maximum absolute atomic E-state index is 13.4. The first kappa shape index (κ1) is 25.6. The van der Waals surface area contributed by atoms with Crippen molar-refractivity contribution in [3.05, 3.63) is 57.2 Å². The number of morpholine rings is 1. The van der Waals surface area contributed by atoms with Crippen LogP contribution in [0.4, 0.5) is 0 Å². The van der Waals surface area contributed by atoms with E-state index in [9.17, 15) is 14.7 Å². The molecule has 2 N–H and O–H groups in total. The van der Waals surface area contributed by atoms with E-state index in [1.807, 2.05) is 24.0 Å². The first-order chi connectivity index (χ1) is 18.2. The molecule has 10 heteroatoms. The van der Waals surface area contributed by atoms with Gasteiger partial charge in [0.25, 0.3) is 5.56 Å². The molecule has 2 aromatic heterocycles. The lowest BCUT2D eigenvalue weighted by Crippen LogP contribution is -2.51. The zero-order valence-corrected chi connectivity index (χ0v) is 22.6. The first-order valence-electron chi connectivity index (χ1n) is 13.4. The van der Waals surface area contributed by atoms with Crippen LogP contribution < -0.4 is 10.9 Å². The Bertz CT molecular complexity index is 1450. The van der Waals surface area contributed by atoms with Crippen molar-refractivity contribution in [3.8, 4) is 5.69 Å². The van der Waals surface area contributed by atoms with Gasteiger partial charge in [-0.1, -0.05) is 24.6 Å². The number of ether oxygens (including phenoxy) is 1. The largest absolute Gasteiger partial charge is 0.388 e. The van der Waals surface area contributed by atoms with Crippen LogP contribution in [-0.4, -0.2) is 68.5 Å². The van der Waals surface area contributed by atoms with Crippen LogP contribution in [0.2, 0.25) is 5.15 Å². The van der Waals surface area contributed by atoms with Crippen molar-refractivity contribution in [1.29, 1.82) is 0 Å². The number of nitrogens with one attached hydrogen (secondary N) is 1. The predicted molar refractivity (Wildman–Crippen MR) is 145 cm³/mol. The summed E-state index contributed by atoms with van der Waals surface area (Å²) in [4.78, 5) is 32.6. The van der Waals surface area contributed by atoms with Crippen LogP contribution in [0.3, 0.4) is 0 Å². The molecule has 1 atom stereocenters. The number of aryl methyl sites for hydroxylation is 1. The molecule has 0 radical (unpaired) electrons. The highest BCUT2D eigenvalue weighted by Gasteiger charge is 2.48. The average Bonchev–Trinajstić information content (AvgIpc) is 3.57. The van der Waals surface area contributed by atoms with Gasteiger partial charge in [-0.3, -0.25) is 18.7 Å². The van der Waals surface area contributed by atoms with Crippen molar-refractivity contribution in [1.82, 2.24) is 24.3 Å². The van der Waals surface area contributed by atoms with Gasteiger partial charge in [0.2, 0.25) is 5.91 Å². The Morgan fingerprint density at radius 3 is 2.66 bits per heavy atom. The number of benzene rings is 1. The molecule has 2 saturated heterocycles. The van der Waals surface area contributed by atoms with Crippen LogP contribution in [0.15, 0.2) is 35.4 Å². The molecule has 0 spiro atoms. The summed E-state index contributed by atoms with van der Waals surface area (Å²) in [6.45, 7) is 7.35. The smallest absolute Gasteiger partial charge is 0.262 e. The Kier molecular flexibility index (Phi) is 6.38. The molecule has 1 saturated carbocycles. The molecule has 1 aromatic carbocycles. The minimum absolute atomic E-state index is 0.126. The van der Waals surface area contributed by atoms with Gasteiger partial charge in [-0.2, -0.15) is 0 Å². The van der Waals surface area contributed by atoms with Gasteiger partial charge in [-0.25, -0.2) is 4.98 Å². The van der Waals surface area contributed by atoms with Crippen molar-refractivity contribution in [2.24, 2.45) is 5.41 Å². The number of carbonyl (C=O) groups excluding carboxylic acids is 1. The molecule has 1 aliphatic carbocycles. The number of rotatable bonds is 5. The summed E-state index contributed by atoms with van der Waals surface area (Å²) in [6, 6.07) is 7.88. The number of aliphatic hydroxyl groups is 1. The summed E-state index contributed by atoms with van der Waals surface area (Å²) in [5, 5.41) is 15.6. The molecule has 3 aromatic rings. The Hall–Kier alpha value is -2.72. The van der Waals surface area contributed by atoms with Crippen LogP contribution in [0.25, 0.3) is 16.7 Å².